The zero-order valence-electron chi connectivity index (χ0n) is 22.7. The number of carbonyl (C=O) groups excluding carboxylic acids is 4. The Morgan fingerprint density at radius 3 is 2.63 bits per heavy atom. The molecular formula is C28H37N5O5. The van der Waals surface area contributed by atoms with E-state index in [0.29, 0.717) is 30.6 Å². The Kier molecular flexibility index (Phi) is 10.1. The molecule has 3 rings (SSSR count). The highest BCUT2D eigenvalue weighted by Gasteiger charge is 2.30. The number of hydrogen-bond acceptors (Lipinski definition) is 8. The summed E-state index contributed by atoms with van der Waals surface area (Å²) < 4.78 is 5.65. The Morgan fingerprint density at radius 2 is 1.95 bits per heavy atom. The average molecular weight is 524 g/mol. The third kappa shape index (κ3) is 7.67. The molecule has 3 atom stereocenters. The molecule has 2 N–H and O–H groups in total. The lowest BCUT2D eigenvalue weighted by Gasteiger charge is -2.33. The number of fused-ring (bicyclic) bond motifs is 1. The molecular weight excluding hydrogens is 486 g/mol. The van der Waals surface area contributed by atoms with Crippen molar-refractivity contribution in [1.29, 1.82) is 0 Å². The maximum absolute atomic E-state index is 12.7. The number of ketones is 1. The molecule has 0 bridgehead atoms. The van der Waals surface area contributed by atoms with Gasteiger partial charge in [-0.15, -0.1) is 0 Å². The summed E-state index contributed by atoms with van der Waals surface area (Å²) in [5.41, 5.74) is 5.03. The van der Waals surface area contributed by atoms with Crippen molar-refractivity contribution >= 4 is 40.5 Å². The lowest BCUT2D eigenvalue weighted by molar-refractivity contribution is -0.156. The largest absolute Gasteiger partial charge is 0.455 e. The van der Waals surface area contributed by atoms with E-state index in [2.05, 4.69) is 20.9 Å². The van der Waals surface area contributed by atoms with Crippen LogP contribution in [0.2, 0.25) is 0 Å². The fourth-order valence-corrected chi connectivity index (χ4v) is 4.30. The van der Waals surface area contributed by atoms with Gasteiger partial charge >= 0.3 is 5.97 Å². The van der Waals surface area contributed by atoms with E-state index in [9.17, 15) is 19.2 Å². The highest BCUT2D eigenvalue weighted by Crippen LogP contribution is 2.22. The van der Waals surface area contributed by atoms with E-state index in [1.54, 1.807) is 19.9 Å². The van der Waals surface area contributed by atoms with Crippen molar-refractivity contribution in [2.45, 2.75) is 78.5 Å². The Hall–Kier alpha value is -3.66. The maximum atomic E-state index is 12.7. The first-order chi connectivity index (χ1) is 18.1. The number of nitrogens with zero attached hydrogens (tertiary/aromatic N) is 3. The van der Waals surface area contributed by atoms with Crippen molar-refractivity contribution in [2.24, 2.45) is 5.92 Å². The number of rotatable bonds is 10. The molecule has 1 aliphatic rings. The molecule has 1 fully saturated rings. The van der Waals surface area contributed by atoms with Gasteiger partial charge in [-0.1, -0.05) is 39.0 Å². The second-order valence-corrected chi connectivity index (χ2v) is 9.90. The number of nitrogens with one attached hydrogen (secondary N) is 2. The minimum absolute atomic E-state index is 0.0248. The van der Waals surface area contributed by atoms with Crippen molar-refractivity contribution in [2.75, 3.05) is 6.54 Å². The fraction of sp³-hybridized carbons (Fsp3) is 0.500. The Bertz CT molecular complexity index is 1210. The normalized spacial score (nSPS) is 17.4. The average Bonchev–Trinajstić information content (AvgIpc) is 2.90. The number of hydrazine groups is 1. The van der Waals surface area contributed by atoms with Crippen LogP contribution in [0.5, 0.6) is 0 Å². The van der Waals surface area contributed by atoms with E-state index in [1.165, 1.54) is 11.9 Å². The number of amides is 2. The van der Waals surface area contributed by atoms with Gasteiger partial charge in [0, 0.05) is 24.8 Å². The van der Waals surface area contributed by atoms with E-state index >= 15 is 0 Å². The summed E-state index contributed by atoms with van der Waals surface area (Å²) in [6.45, 7) is 9.35. The van der Waals surface area contributed by atoms with Crippen LogP contribution in [-0.4, -0.2) is 57.4 Å². The molecule has 38 heavy (non-hydrogen) atoms. The predicted molar refractivity (Wildman–Crippen MR) is 143 cm³/mol. The first-order valence-electron chi connectivity index (χ1n) is 13.1. The summed E-state index contributed by atoms with van der Waals surface area (Å²) in [6, 6.07) is 6.37. The number of Topliss-reactive ketones (excluding diaryl/α,β-unsaturated/α-hetero) is 1. The summed E-state index contributed by atoms with van der Waals surface area (Å²) in [5.74, 6) is -0.747. The number of aromatic nitrogens is 2. The van der Waals surface area contributed by atoms with E-state index in [1.807, 2.05) is 44.2 Å². The molecule has 0 aliphatic carbocycles. The van der Waals surface area contributed by atoms with E-state index < -0.39 is 24.2 Å². The molecule has 2 aromatic rings. The lowest BCUT2D eigenvalue weighted by Crippen LogP contribution is -2.55. The molecule has 1 saturated heterocycles. The number of esters is 1. The molecule has 2 heterocycles. The standard InChI is InChI=1S/C28H37N5O5/c1-6-26(36)33-14-8-10-23(32-33)28(37)38-19(5)24-16-21-15-20(12-13-22(21)30-31-24)9-7-11-25(35)29-27(17(2)3)18(4)34/h7,9,12-13,15-17,19,23,27,32H,6,8,10-11,14H2,1-5H3,(H,29,35)/b9-7+/t19-,23+,27+/m1/s1. The van der Waals surface area contributed by atoms with Crippen molar-refractivity contribution < 1.29 is 23.9 Å². The van der Waals surface area contributed by atoms with Gasteiger partial charge in [-0.25, -0.2) is 5.43 Å². The SMILES string of the molecule is CCC(=O)N1CCC[C@@H](C(=O)O[C@H](C)c2cc3cc(/C=C/CC(=O)N[C@H](C(C)=O)C(C)C)ccc3nn2)N1. The summed E-state index contributed by atoms with van der Waals surface area (Å²) in [6.07, 6.45) is 4.77. The van der Waals surface area contributed by atoms with Gasteiger partial charge in [0.25, 0.3) is 0 Å². The van der Waals surface area contributed by atoms with Crippen LogP contribution in [0.1, 0.15) is 77.7 Å². The third-order valence-corrected chi connectivity index (χ3v) is 6.45. The Labute approximate surface area is 223 Å². The molecule has 0 radical (unpaired) electrons. The maximum Gasteiger partial charge on any atom is 0.325 e. The Balaban J connectivity index is 1.63. The minimum atomic E-state index is -0.628. The molecule has 204 valence electrons. The number of hydrogen-bond donors (Lipinski definition) is 2. The number of carbonyl (C=O) groups is 4. The monoisotopic (exact) mass is 523 g/mol. The van der Waals surface area contributed by atoms with Gasteiger partial charge in [-0.2, -0.15) is 10.2 Å². The highest BCUT2D eigenvalue weighted by molar-refractivity contribution is 5.88. The van der Waals surface area contributed by atoms with Crippen molar-refractivity contribution in [3.8, 4) is 0 Å². The van der Waals surface area contributed by atoms with Crippen molar-refractivity contribution in [1.82, 2.24) is 25.9 Å². The van der Waals surface area contributed by atoms with Gasteiger partial charge in [0.2, 0.25) is 11.8 Å². The Morgan fingerprint density at radius 1 is 1.18 bits per heavy atom. The summed E-state index contributed by atoms with van der Waals surface area (Å²) >= 11 is 0. The van der Waals surface area contributed by atoms with Crippen LogP contribution < -0.4 is 10.7 Å². The highest BCUT2D eigenvalue weighted by atomic mass is 16.5. The molecule has 1 aliphatic heterocycles. The second kappa shape index (κ2) is 13.2. The van der Waals surface area contributed by atoms with Crippen LogP contribution in [0, 0.1) is 5.92 Å². The molecule has 10 heteroatoms. The number of ether oxygens (including phenoxy) is 1. The van der Waals surface area contributed by atoms with Gasteiger partial charge in [-0.3, -0.25) is 24.2 Å². The van der Waals surface area contributed by atoms with Crippen LogP contribution in [-0.2, 0) is 23.9 Å². The smallest absolute Gasteiger partial charge is 0.325 e. The van der Waals surface area contributed by atoms with Gasteiger partial charge in [0.15, 0.2) is 5.78 Å². The minimum Gasteiger partial charge on any atom is -0.455 e. The molecule has 0 spiro atoms. The van der Waals surface area contributed by atoms with Crippen LogP contribution in [0.15, 0.2) is 30.3 Å². The zero-order valence-corrected chi connectivity index (χ0v) is 22.7. The van der Waals surface area contributed by atoms with Gasteiger partial charge < -0.3 is 10.1 Å². The van der Waals surface area contributed by atoms with Gasteiger partial charge in [-0.05, 0) is 56.4 Å². The first-order valence-corrected chi connectivity index (χ1v) is 13.1. The summed E-state index contributed by atoms with van der Waals surface area (Å²) in [5, 5.41) is 13.6. The number of benzene rings is 1. The van der Waals surface area contributed by atoms with E-state index in [-0.39, 0.29) is 29.9 Å². The predicted octanol–water partition coefficient (Wildman–Crippen LogP) is 3.27. The molecule has 2 amide bonds. The zero-order chi connectivity index (χ0) is 27.8. The molecule has 10 nitrogen and oxygen atoms in total. The molecule has 0 unspecified atom stereocenters. The van der Waals surface area contributed by atoms with E-state index in [0.717, 1.165) is 17.4 Å². The molecule has 1 aromatic heterocycles. The quantitative estimate of drug-likeness (QED) is 0.454. The summed E-state index contributed by atoms with van der Waals surface area (Å²) in [7, 11) is 0. The molecule has 1 aromatic carbocycles. The fourth-order valence-electron chi connectivity index (χ4n) is 4.30. The molecule has 0 saturated carbocycles. The van der Waals surface area contributed by atoms with E-state index in [4.69, 9.17) is 4.74 Å². The van der Waals surface area contributed by atoms with Crippen LogP contribution in [0.25, 0.3) is 17.0 Å². The van der Waals surface area contributed by atoms with Crippen molar-refractivity contribution in [3.05, 3.63) is 41.6 Å². The first kappa shape index (κ1) is 28.9. The van der Waals surface area contributed by atoms with Gasteiger partial charge in [0.1, 0.15) is 17.8 Å². The topological polar surface area (TPSA) is 131 Å². The van der Waals surface area contributed by atoms with Gasteiger partial charge in [0.05, 0.1) is 11.6 Å². The van der Waals surface area contributed by atoms with Crippen molar-refractivity contribution in [3.63, 3.8) is 0 Å². The second-order valence-electron chi connectivity index (χ2n) is 9.90. The van der Waals surface area contributed by atoms with Crippen LogP contribution in [0.3, 0.4) is 0 Å². The lowest BCUT2D eigenvalue weighted by atomic mass is 10.0. The summed E-state index contributed by atoms with van der Waals surface area (Å²) in [4.78, 5) is 48.7. The van der Waals surface area contributed by atoms with Crippen LogP contribution >= 0.6 is 0 Å². The van der Waals surface area contributed by atoms with Crippen LogP contribution in [0.4, 0.5) is 0 Å². The third-order valence-electron chi connectivity index (χ3n) is 6.45.